The van der Waals surface area contributed by atoms with Crippen LogP contribution in [0.3, 0.4) is 0 Å². The molecule has 0 bridgehead atoms. The van der Waals surface area contributed by atoms with Crippen LogP contribution in [0.1, 0.15) is 6.42 Å². The summed E-state index contributed by atoms with van der Waals surface area (Å²) in [5.41, 5.74) is -1.39. The predicted octanol–water partition coefficient (Wildman–Crippen LogP) is 1.42. The molecule has 6 heteroatoms. The molecule has 0 unspecified atom stereocenters. The zero-order valence-electron chi connectivity index (χ0n) is 7.89. The molecule has 0 saturated carbocycles. The lowest BCUT2D eigenvalue weighted by Gasteiger charge is -2.20. The number of rotatable bonds is 0. The second-order valence-corrected chi connectivity index (χ2v) is 3.14. The lowest BCUT2D eigenvalue weighted by atomic mass is 10.1. The Kier molecular flexibility index (Phi) is 2.70. The quantitative estimate of drug-likeness (QED) is 0.578. The normalized spacial score (nSPS) is 19.1. The zero-order chi connectivity index (χ0) is 11.8. The van der Waals surface area contributed by atoms with Gasteiger partial charge in [0.2, 0.25) is 0 Å². The van der Waals surface area contributed by atoms with Crippen LogP contribution < -0.4 is 0 Å². The Morgan fingerprint density at radius 2 is 1.93 bits per heavy atom. The molecule has 1 aliphatic heterocycles. The molecule has 0 atom stereocenters. The summed E-state index contributed by atoms with van der Waals surface area (Å²) in [5.74, 6) is -1.66. The second kappa shape index (κ2) is 3.52. The van der Waals surface area contributed by atoms with Crippen molar-refractivity contribution < 1.29 is 22.8 Å². The van der Waals surface area contributed by atoms with E-state index in [1.807, 2.05) is 0 Å². The number of hydrogen-bond acceptors (Lipinski definition) is 2. The fourth-order valence-electron chi connectivity index (χ4n) is 1.20. The summed E-state index contributed by atoms with van der Waals surface area (Å²) in [4.78, 5) is 22.7. The predicted molar refractivity (Wildman–Crippen MR) is 45.7 cm³/mol. The lowest BCUT2D eigenvalue weighted by molar-refractivity contribution is -0.136. The van der Waals surface area contributed by atoms with E-state index in [9.17, 15) is 22.8 Å². The van der Waals surface area contributed by atoms with Gasteiger partial charge in [0.05, 0.1) is 0 Å². The van der Waals surface area contributed by atoms with Crippen LogP contribution in [0.5, 0.6) is 0 Å². The molecule has 1 heterocycles. The lowest BCUT2D eigenvalue weighted by Crippen LogP contribution is -2.33. The highest BCUT2D eigenvalue weighted by atomic mass is 19.4. The molecule has 0 aliphatic carbocycles. The maximum Gasteiger partial charge on any atom is 0.431 e. The molecule has 0 radical (unpaired) electrons. The fourth-order valence-corrected chi connectivity index (χ4v) is 1.20. The number of likely N-dealkylation sites (N-methyl/N-ethyl adjacent to an activating group) is 1. The Labute approximate surface area is 83.9 Å². The molecule has 0 spiro atoms. The minimum Gasteiger partial charge on any atom is -0.307 e. The van der Waals surface area contributed by atoms with Crippen LogP contribution in [0.4, 0.5) is 13.2 Å². The van der Waals surface area contributed by atoms with E-state index < -0.39 is 23.6 Å². The highest BCUT2D eigenvalue weighted by Gasteiger charge is 2.40. The largest absolute Gasteiger partial charge is 0.431 e. The summed E-state index contributed by atoms with van der Waals surface area (Å²) in [7, 11) is 0.964. The van der Waals surface area contributed by atoms with Gasteiger partial charge >= 0.3 is 6.18 Å². The number of nitrogens with zero attached hydrogens (tertiary/aromatic N) is 1. The van der Waals surface area contributed by atoms with E-state index in [1.165, 1.54) is 0 Å². The third kappa shape index (κ3) is 2.26. The van der Waals surface area contributed by atoms with Crippen LogP contribution >= 0.6 is 0 Å². The fraction of sp³-hybridized carbons (Fsp3) is 0.333. The Balaban J connectivity index is 3.20. The number of carbonyl (C=O) groups excluding carboxylic acids is 2. The van der Waals surface area contributed by atoms with Gasteiger partial charge < -0.3 is 4.90 Å². The first-order valence-electron chi connectivity index (χ1n) is 4.01. The van der Waals surface area contributed by atoms with Crippen molar-refractivity contribution in [2.24, 2.45) is 0 Å². The topological polar surface area (TPSA) is 37.4 Å². The van der Waals surface area contributed by atoms with Crippen molar-refractivity contribution in [3.63, 3.8) is 0 Å². The van der Waals surface area contributed by atoms with Crippen molar-refractivity contribution in [2.75, 3.05) is 7.05 Å². The van der Waals surface area contributed by atoms with E-state index in [4.69, 9.17) is 0 Å². The summed E-state index contributed by atoms with van der Waals surface area (Å²) >= 11 is 0. The van der Waals surface area contributed by atoms with Crippen LogP contribution in [0.25, 0.3) is 0 Å². The summed E-state index contributed by atoms with van der Waals surface area (Å²) in [5, 5.41) is 0. The summed E-state index contributed by atoms with van der Waals surface area (Å²) in [6.45, 7) is 3.26. The van der Waals surface area contributed by atoms with E-state index in [2.05, 4.69) is 6.58 Å². The first kappa shape index (κ1) is 11.5. The molecule has 0 aromatic heterocycles. The average Bonchev–Trinajstić information content (AvgIpc) is 2.17. The molecular weight excluding hydrogens is 211 g/mol. The van der Waals surface area contributed by atoms with E-state index in [0.29, 0.717) is 11.0 Å². The summed E-state index contributed by atoms with van der Waals surface area (Å²) in [6, 6.07) is 0. The number of halogens is 3. The number of carbonyl (C=O) groups is 2. The van der Waals surface area contributed by atoms with E-state index in [0.717, 1.165) is 7.05 Å². The van der Waals surface area contributed by atoms with Crippen LogP contribution in [0, 0.1) is 0 Å². The van der Waals surface area contributed by atoms with E-state index in [1.54, 1.807) is 0 Å². The van der Waals surface area contributed by atoms with Crippen LogP contribution in [-0.4, -0.2) is 29.8 Å². The molecule has 82 valence electrons. The van der Waals surface area contributed by atoms with Gasteiger partial charge in [-0.1, -0.05) is 6.58 Å². The Bertz CT molecular complexity index is 368. The second-order valence-electron chi connectivity index (χ2n) is 3.14. The minimum atomic E-state index is -4.72. The van der Waals surface area contributed by atoms with Gasteiger partial charge in [0, 0.05) is 25.1 Å². The standard InChI is InChI=1S/C9H8F3NO2/c1-5-3-6(14)4-7(9(10,11)12)13(2)8(5)15/h4H,1,3H2,2H3. The number of ketones is 1. The number of allylic oxidation sites excluding steroid dienone is 2. The van der Waals surface area contributed by atoms with Gasteiger partial charge in [0.25, 0.3) is 5.91 Å². The summed E-state index contributed by atoms with van der Waals surface area (Å²) < 4.78 is 37.2. The third-order valence-electron chi connectivity index (χ3n) is 1.94. The molecule has 0 N–H and O–H groups in total. The molecule has 1 aliphatic rings. The first-order valence-corrected chi connectivity index (χ1v) is 4.01. The highest BCUT2D eigenvalue weighted by molar-refractivity contribution is 6.05. The smallest absolute Gasteiger partial charge is 0.307 e. The molecule has 0 fully saturated rings. The van der Waals surface area contributed by atoms with Gasteiger partial charge in [0.15, 0.2) is 5.78 Å². The van der Waals surface area contributed by atoms with Crippen molar-refractivity contribution in [3.05, 3.63) is 23.9 Å². The van der Waals surface area contributed by atoms with Gasteiger partial charge in [-0.05, 0) is 0 Å². The number of hydrogen-bond donors (Lipinski definition) is 0. The molecule has 0 saturated heterocycles. The van der Waals surface area contributed by atoms with Crippen molar-refractivity contribution >= 4 is 11.7 Å². The van der Waals surface area contributed by atoms with Gasteiger partial charge in [-0.25, -0.2) is 0 Å². The van der Waals surface area contributed by atoms with Crippen LogP contribution in [0.2, 0.25) is 0 Å². The number of amides is 1. The van der Waals surface area contributed by atoms with Crippen molar-refractivity contribution in [2.45, 2.75) is 12.6 Å². The molecule has 0 aromatic carbocycles. The van der Waals surface area contributed by atoms with E-state index in [-0.39, 0.29) is 12.0 Å². The van der Waals surface area contributed by atoms with E-state index >= 15 is 0 Å². The van der Waals surface area contributed by atoms with Crippen molar-refractivity contribution in [1.82, 2.24) is 4.90 Å². The van der Waals surface area contributed by atoms with Crippen molar-refractivity contribution in [3.8, 4) is 0 Å². The molecule has 0 aromatic rings. The Hall–Kier alpha value is -1.59. The molecule has 15 heavy (non-hydrogen) atoms. The summed E-state index contributed by atoms with van der Waals surface area (Å²) in [6.07, 6.45) is -4.66. The van der Waals surface area contributed by atoms with Gasteiger partial charge in [-0.15, -0.1) is 0 Å². The minimum absolute atomic E-state index is 0.141. The van der Waals surface area contributed by atoms with Gasteiger partial charge in [-0.3, -0.25) is 9.59 Å². The maximum absolute atomic E-state index is 12.4. The third-order valence-corrected chi connectivity index (χ3v) is 1.94. The first-order chi connectivity index (χ1) is 6.73. The molecule has 1 amide bonds. The molecular formula is C9H8F3NO2. The van der Waals surface area contributed by atoms with Crippen molar-refractivity contribution in [1.29, 1.82) is 0 Å². The SMILES string of the molecule is C=C1CC(=O)C=C(C(F)(F)F)N(C)C1=O. The van der Waals surface area contributed by atoms with Crippen LogP contribution in [-0.2, 0) is 9.59 Å². The van der Waals surface area contributed by atoms with Crippen LogP contribution in [0.15, 0.2) is 23.9 Å². The molecule has 3 nitrogen and oxygen atoms in total. The molecule has 1 rings (SSSR count). The van der Waals surface area contributed by atoms with Gasteiger partial charge in [-0.2, -0.15) is 13.2 Å². The Morgan fingerprint density at radius 3 is 2.40 bits per heavy atom. The average molecular weight is 219 g/mol. The highest BCUT2D eigenvalue weighted by Crippen LogP contribution is 2.30. The number of alkyl halides is 3. The monoisotopic (exact) mass is 219 g/mol. The zero-order valence-corrected chi connectivity index (χ0v) is 7.89. The maximum atomic E-state index is 12.4. The Morgan fingerprint density at radius 1 is 1.40 bits per heavy atom. The van der Waals surface area contributed by atoms with Gasteiger partial charge in [0.1, 0.15) is 5.70 Å².